The monoisotopic (exact) mass is 476 g/mol. The Bertz CT molecular complexity index is 1180. The largest absolute Gasteiger partial charge is 0.497 e. The van der Waals surface area contributed by atoms with Crippen LogP contribution in [0.15, 0.2) is 42.5 Å². The molecular weight excluding hydrogens is 444 g/mol. The molecule has 1 amide bonds. The molecule has 8 heteroatoms. The number of aromatic amines is 1. The summed E-state index contributed by atoms with van der Waals surface area (Å²) in [7, 11) is 3.28. The number of amides is 1. The minimum absolute atomic E-state index is 0.0317. The second kappa shape index (κ2) is 10.1. The van der Waals surface area contributed by atoms with Crippen molar-refractivity contribution in [2.45, 2.75) is 19.4 Å². The van der Waals surface area contributed by atoms with E-state index in [4.69, 9.17) is 14.2 Å². The Morgan fingerprint density at radius 3 is 2.54 bits per heavy atom. The lowest BCUT2D eigenvalue weighted by atomic mass is 9.95. The van der Waals surface area contributed by atoms with Crippen molar-refractivity contribution >= 4 is 5.91 Å². The molecule has 1 N–H and O–H groups in total. The van der Waals surface area contributed by atoms with Crippen molar-refractivity contribution in [2.75, 3.05) is 53.6 Å². The standard InChI is InChI=1S/C27H32N4O4/c1-18-5-7-19(8-6-18)24-23-25(29-28-24)27(32)31(12-4-11-30-13-15-35-16-14-30)26(23)21-10-9-20(33-2)17-22(21)34-3/h5-10,17,26H,4,11-16H2,1-3H3,(H,28,29). The van der Waals surface area contributed by atoms with Crippen molar-refractivity contribution in [3.8, 4) is 22.8 Å². The quantitative estimate of drug-likeness (QED) is 0.534. The van der Waals surface area contributed by atoms with E-state index in [1.54, 1.807) is 14.2 Å². The number of benzene rings is 2. The van der Waals surface area contributed by atoms with Crippen LogP contribution in [0.5, 0.6) is 11.5 Å². The lowest BCUT2D eigenvalue weighted by Gasteiger charge is -2.30. The number of carbonyl (C=O) groups is 1. The van der Waals surface area contributed by atoms with Gasteiger partial charge in [-0.3, -0.25) is 14.8 Å². The van der Waals surface area contributed by atoms with Gasteiger partial charge < -0.3 is 19.1 Å². The van der Waals surface area contributed by atoms with Crippen LogP contribution in [0.1, 0.15) is 39.6 Å². The summed E-state index contributed by atoms with van der Waals surface area (Å²) in [6, 6.07) is 13.7. The number of rotatable bonds is 8. The molecule has 8 nitrogen and oxygen atoms in total. The van der Waals surface area contributed by atoms with Crippen molar-refractivity contribution in [1.82, 2.24) is 20.0 Å². The predicted octanol–water partition coefficient (Wildman–Crippen LogP) is 3.67. The van der Waals surface area contributed by atoms with Gasteiger partial charge in [0, 0.05) is 48.9 Å². The van der Waals surface area contributed by atoms with E-state index < -0.39 is 0 Å². The zero-order valence-corrected chi connectivity index (χ0v) is 20.5. The van der Waals surface area contributed by atoms with E-state index in [9.17, 15) is 4.79 Å². The molecule has 3 heterocycles. The molecule has 35 heavy (non-hydrogen) atoms. The summed E-state index contributed by atoms with van der Waals surface area (Å²) in [4.78, 5) is 18.0. The first-order valence-corrected chi connectivity index (χ1v) is 12.1. The molecule has 2 aliphatic rings. The Balaban J connectivity index is 1.52. The molecular formula is C27H32N4O4. The van der Waals surface area contributed by atoms with E-state index in [2.05, 4.69) is 46.3 Å². The number of H-pyrrole nitrogens is 1. The van der Waals surface area contributed by atoms with Crippen LogP contribution in [0.2, 0.25) is 0 Å². The zero-order valence-electron chi connectivity index (χ0n) is 20.5. The van der Waals surface area contributed by atoms with Crippen LogP contribution < -0.4 is 9.47 Å². The fourth-order valence-electron chi connectivity index (χ4n) is 5.02. The van der Waals surface area contributed by atoms with Crippen LogP contribution in [0.25, 0.3) is 11.3 Å². The second-order valence-electron chi connectivity index (χ2n) is 9.04. The number of hydrogen-bond donors (Lipinski definition) is 1. The van der Waals surface area contributed by atoms with E-state index in [-0.39, 0.29) is 11.9 Å². The van der Waals surface area contributed by atoms with Gasteiger partial charge in [0.1, 0.15) is 17.2 Å². The van der Waals surface area contributed by atoms with Crippen molar-refractivity contribution in [3.05, 3.63) is 64.8 Å². The van der Waals surface area contributed by atoms with Crippen LogP contribution in [0, 0.1) is 6.92 Å². The number of aryl methyl sites for hydroxylation is 1. The fraction of sp³-hybridized carbons (Fsp3) is 0.407. The Labute approximate surface area is 205 Å². The number of aromatic nitrogens is 2. The second-order valence-corrected chi connectivity index (χ2v) is 9.04. The van der Waals surface area contributed by atoms with Crippen LogP contribution >= 0.6 is 0 Å². The maximum Gasteiger partial charge on any atom is 0.273 e. The third kappa shape index (κ3) is 4.51. The molecule has 0 aliphatic carbocycles. The summed E-state index contributed by atoms with van der Waals surface area (Å²) >= 11 is 0. The van der Waals surface area contributed by atoms with Crippen LogP contribution in [0.3, 0.4) is 0 Å². The van der Waals surface area contributed by atoms with Crippen molar-refractivity contribution < 1.29 is 19.0 Å². The van der Waals surface area contributed by atoms with Crippen LogP contribution in [-0.2, 0) is 4.74 Å². The number of nitrogens with one attached hydrogen (secondary N) is 1. The molecule has 2 aromatic carbocycles. The average Bonchev–Trinajstić information content (AvgIpc) is 3.44. The molecule has 1 fully saturated rings. The van der Waals surface area contributed by atoms with Gasteiger partial charge in [-0.05, 0) is 25.5 Å². The summed E-state index contributed by atoms with van der Waals surface area (Å²) in [5.41, 5.74) is 5.32. The topological polar surface area (TPSA) is 79.9 Å². The smallest absolute Gasteiger partial charge is 0.273 e. The molecule has 3 aromatic rings. The lowest BCUT2D eigenvalue weighted by molar-refractivity contribution is 0.0354. The summed E-state index contributed by atoms with van der Waals surface area (Å²) < 4.78 is 16.7. The Morgan fingerprint density at radius 1 is 1.06 bits per heavy atom. The maximum atomic E-state index is 13.6. The molecule has 0 bridgehead atoms. The lowest BCUT2D eigenvalue weighted by Crippen LogP contribution is -2.38. The molecule has 0 radical (unpaired) electrons. The van der Waals surface area contributed by atoms with Gasteiger partial charge in [0.15, 0.2) is 0 Å². The van der Waals surface area contributed by atoms with Crippen molar-refractivity contribution in [1.29, 1.82) is 0 Å². The van der Waals surface area contributed by atoms with Gasteiger partial charge in [0.2, 0.25) is 0 Å². The van der Waals surface area contributed by atoms with Gasteiger partial charge in [0.05, 0.1) is 39.2 Å². The minimum Gasteiger partial charge on any atom is -0.497 e. The minimum atomic E-state index is -0.307. The number of ether oxygens (including phenoxy) is 3. The van der Waals surface area contributed by atoms with Gasteiger partial charge in [-0.2, -0.15) is 5.10 Å². The summed E-state index contributed by atoms with van der Waals surface area (Å²) in [6.07, 6.45) is 0.873. The van der Waals surface area contributed by atoms with E-state index in [1.807, 2.05) is 23.1 Å². The fourth-order valence-corrected chi connectivity index (χ4v) is 5.02. The zero-order chi connectivity index (χ0) is 24.4. The molecule has 184 valence electrons. The summed E-state index contributed by atoms with van der Waals surface area (Å²) in [5.74, 6) is 1.36. The normalized spacial score (nSPS) is 18.1. The Hall–Kier alpha value is -3.36. The number of methoxy groups -OCH3 is 2. The molecule has 1 saturated heterocycles. The molecule has 2 aliphatic heterocycles. The van der Waals surface area contributed by atoms with E-state index in [0.717, 1.165) is 61.7 Å². The summed E-state index contributed by atoms with van der Waals surface area (Å²) in [6.45, 7) is 7.02. The van der Waals surface area contributed by atoms with E-state index >= 15 is 0 Å². The number of nitrogens with zero attached hydrogens (tertiary/aromatic N) is 3. The number of morpholine rings is 1. The van der Waals surface area contributed by atoms with E-state index in [1.165, 1.54) is 5.56 Å². The highest BCUT2D eigenvalue weighted by Crippen LogP contribution is 2.46. The summed E-state index contributed by atoms with van der Waals surface area (Å²) in [5, 5.41) is 7.63. The van der Waals surface area contributed by atoms with Crippen molar-refractivity contribution in [2.24, 2.45) is 0 Å². The molecule has 5 rings (SSSR count). The van der Waals surface area contributed by atoms with Crippen LogP contribution in [-0.4, -0.2) is 79.5 Å². The average molecular weight is 477 g/mol. The third-order valence-electron chi connectivity index (χ3n) is 6.90. The van der Waals surface area contributed by atoms with Gasteiger partial charge in [-0.15, -0.1) is 0 Å². The van der Waals surface area contributed by atoms with Gasteiger partial charge in [-0.1, -0.05) is 29.8 Å². The van der Waals surface area contributed by atoms with Gasteiger partial charge in [0.25, 0.3) is 5.91 Å². The first kappa shape index (κ1) is 23.4. The SMILES string of the molecule is COc1ccc(C2c3c(-c4ccc(C)cc4)n[nH]c3C(=O)N2CCCN2CCOCC2)c(OC)c1. The first-order valence-electron chi connectivity index (χ1n) is 12.1. The molecule has 1 unspecified atom stereocenters. The van der Waals surface area contributed by atoms with Gasteiger partial charge in [-0.25, -0.2) is 0 Å². The highest BCUT2D eigenvalue weighted by Gasteiger charge is 2.43. The third-order valence-corrected chi connectivity index (χ3v) is 6.90. The highest BCUT2D eigenvalue weighted by atomic mass is 16.5. The van der Waals surface area contributed by atoms with Gasteiger partial charge >= 0.3 is 0 Å². The van der Waals surface area contributed by atoms with E-state index in [0.29, 0.717) is 23.7 Å². The Kier molecular flexibility index (Phi) is 6.74. The molecule has 0 spiro atoms. The molecule has 0 saturated carbocycles. The Morgan fingerprint density at radius 2 is 1.83 bits per heavy atom. The molecule has 1 atom stereocenters. The number of hydrogen-bond acceptors (Lipinski definition) is 6. The van der Waals surface area contributed by atoms with Crippen LogP contribution in [0.4, 0.5) is 0 Å². The van der Waals surface area contributed by atoms with Crippen molar-refractivity contribution in [3.63, 3.8) is 0 Å². The molecule has 1 aromatic heterocycles. The number of carbonyl (C=O) groups excluding carboxylic acids is 1. The first-order chi connectivity index (χ1) is 17.1. The number of fused-ring (bicyclic) bond motifs is 1. The predicted molar refractivity (Wildman–Crippen MR) is 133 cm³/mol. The highest BCUT2D eigenvalue weighted by molar-refractivity contribution is 6.00. The maximum absolute atomic E-state index is 13.6.